The fourth-order valence-corrected chi connectivity index (χ4v) is 3.40. The average molecular weight is 438 g/mol. The van der Waals surface area contributed by atoms with Crippen molar-refractivity contribution >= 4 is 32.6 Å². The van der Waals surface area contributed by atoms with Gasteiger partial charge in [0, 0.05) is 12.1 Å². The Kier molecular flexibility index (Phi) is 5.29. The summed E-state index contributed by atoms with van der Waals surface area (Å²) >= 11 is 3.58. The Morgan fingerprint density at radius 3 is 2.75 bits per heavy atom. The maximum atomic E-state index is 12.5. The smallest absolute Gasteiger partial charge is 0.251 e. The minimum Gasteiger partial charge on any atom is -0.484 e. The number of fused-ring (bicyclic) bond motifs is 1. The van der Waals surface area contributed by atoms with E-state index >= 15 is 0 Å². The number of nitrogens with one attached hydrogen (secondary N) is 2. The molecular formula is C20H16BrN5O2. The maximum Gasteiger partial charge on any atom is 0.251 e. The van der Waals surface area contributed by atoms with Crippen LogP contribution in [0.25, 0.3) is 10.8 Å². The van der Waals surface area contributed by atoms with Crippen LogP contribution in [-0.2, 0) is 13.2 Å². The fourth-order valence-electron chi connectivity index (χ4n) is 2.79. The Morgan fingerprint density at radius 1 is 1.11 bits per heavy atom. The first-order valence-electron chi connectivity index (χ1n) is 8.60. The molecule has 0 fully saturated rings. The van der Waals surface area contributed by atoms with E-state index in [0.717, 1.165) is 20.8 Å². The molecule has 0 atom stereocenters. The topological polar surface area (TPSA) is 92.8 Å². The van der Waals surface area contributed by atoms with E-state index in [9.17, 15) is 4.79 Å². The van der Waals surface area contributed by atoms with Gasteiger partial charge in [0.1, 0.15) is 5.75 Å². The maximum absolute atomic E-state index is 12.5. The van der Waals surface area contributed by atoms with Crippen LogP contribution < -0.4 is 10.1 Å². The van der Waals surface area contributed by atoms with E-state index in [0.29, 0.717) is 23.7 Å². The Balaban J connectivity index is 1.49. The molecular weight excluding hydrogens is 422 g/mol. The van der Waals surface area contributed by atoms with E-state index in [1.165, 1.54) is 0 Å². The Morgan fingerprint density at radius 2 is 1.96 bits per heavy atom. The molecule has 0 bridgehead atoms. The lowest BCUT2D eigenvalue weighted by molar-refractivity contribution is 0.0951. The molecule has 28 heavy (non-hydrogen) atoms. The molecule has 7 nitrogen and oxygen atoms in total. The van der Waals surface area contributed by atoms with Crippen LogP contribution in [0.15, 0.2) is 65.1 Å². The van der Waals surface area contributed by atoms with Crippen LogP contribution >= 0.6 is 15.9 Å². The predicted octanol–water partition coefficient (Wildman–Crippen LogP) is 3.62. The molecule has 1 aromatic heterocycles. The minimum atomic E-state index is -0.112. The lowest BCUT2D eigenvalue weighted by Crippen LogP contribution is -2.22. The van der Waals surface area contributed by atoms with Crippen molar-refractivity contribution in [3.05, 3.63) is 82.1 Å². The summed E-state index contributed by atoms with van der Waals surface area (Å²) in [6.45, 7) is 0.699. The molecule has 4 rings (SSSR count). The van der Waals surface area contributed by atoms with Gasteiger partial charge in [0.2, 0.25) is 5.82 Å². The molecule has 0 aliphatic heterocycles. The molecule has 0 spiro atoms. The average Bonchev–Trinajstić information content (AvgIpc) is 3.26. The highest BCUT2D eigenvalue weighted by molar-refractivity contribution is 9.10. The van der Waals surface area contributed by atoms with E-state index in [1.54, 1.807) is 6.07 Å². The van der Waals surface area contributed by atoms with Crippen LogP contribution in [0.1, 0.15) is 21.7 Å². The van der Waals surface area contributed by atoms with Crippen molar-refractivity contribution in [1.29, 1.82) is 0 Å². The largest absolute Gasteiger partial charge is 0.484 e. The van der Waals surface area contributed by atoms with E-state index in [-0.39, 0.29) is 12.5 Å². The van der Waals surface area contributed by atoms with Gasteiger partial charge in [-0.3, -0.25) is 4.79 Å². The van der Waals surface area contributed by atoms with Gasteiger partial charge in [0.25, 0.3) is 5.91 Å². The van der Waals surface area contributed by atoms with Crippen molar-refractivity contribution in [2.75, 3.05) is 0 Å². The number of nitrogens with zero attached hydrogens (tertiary/aromatic N) is 3. The number of hydrogen-bond acceptors (Lipinski definition) is 5. The molecule has 1 amide bonds. The standard InChI is InChI=1S/C20H16BrN5O2/c21-19-16-8-6-15(20(27)22-11-13-4-2-1-3-5-13)10-14(16)7-9-17(19)28-12-18-23-25-26-24-18/h1-10H,11-12H2,(H,22,27)(H,23,24,25,26). The number of H-pyrrole nitrogens is 1. The van der Waals surface area contributed by atoms with E-state index < -0.39 is 0 Å². The van der Waals surface area contributed by atoms with Gasteiger partial charge < -0.3 is 10.1 Å². The minimum absolute atomic E-state index is 0.112. The third-order valence-electron chi connectivity index (χ3n) is 4.22. The number of tetrazole rings is 1. The summed E-state index contributed by atoms with van der Waals surface area (Å²) in [5.41, 5.74) is 1.67. The summed E-state index contributed by atoms with van der Waals surface area (Å²) in [6.07, 6.45) is 0. The highest BCUT2D eigenvalue weighted by atomic mass is 79.9. The van der Waals surface area contributed by atoms with Crippen LogP contribution in [-0.4, -0.2) is 26.5 Å². The zero-order chi connectivity index (χ0) is 19.3. The highest BCUT2D eigenvalue weighted by Gasteiger charge is 2.11. The van der Waals surface area contributed by atoms with Gasteiger partial charge in [-0.1, -0.05) is 47.7 Å². The van der Waals surface area contributed by atoms with Crippen molar-refractivity contribution < 1.29 is 9.53 Å². The first-order chi connectivity index (χ1) is 13.7. The predicted molar refractivity (Wildman–Crippen MR) is 108 cm³/mol. The SMILES string of the molecule is O=C(NCc1ccccc1)c1ccc2c(Br)c(OCc3nn[nH]n3)ccc2c1. The summed E-state index contributed by atoms with van der Waals surface area (Å²) in [4.78, 5) is 12.5. The number of carbonyl (C=O) groups excluding carboxylic acids is 1. The Labute approximate surface area is 169 Å². The summed E-state index contributed by atoms with van der Waals surface area (Å²) in [5, 5.41) is 18.4. The van der Waals surface area contributed by atoms with Crippen LogP contribution in [0.4, 0.5) is 0 Å². The van der Waals surface area contributed by atoms with Crippen molar-refractivity contribution in [3.63, 3.8) is 0 Å². The molecule has 0 unspecified atom stereocenters. The number of amides is 1. The first-order valence-corrected chi connectivity index (χ1v) is 9.39. The molecule has 0 aliphatic carbocycles. The molecule has 0 aliphatic rings. The molecule has 0 saturated heterocycles. The van der Waals surface area contributed by atoms with E-state index in [2.05, 4.69) is 41.9 Å². The number of ether oxygens (including phenoxy) is 1. The molecule has 2 N–H and O–H groups in total. The van der Waals surface area contributed by atoms with E-state index in [4.69, 9.17) is 4.74 Å². The summed E-state index contributed by atoms with van der Waals surface area (Å²) in [5.74, 6) is 1.02. The number of rotatable bonds is 6. The van der Waals surface area contributed by atoms with Crippen molar-refractivity contribution in [3.8, 4) is 5.75 Å². The van der Waals surface area contributed by atoms with Gasteiger partial charge in [0.05, 0.1) is 4.47 Å². The van der Waals surface area contributed by atoms with Crippen molar-refractivity contribution in [2.45, 2.75) is 13.2 Å². The van der Waals surface area contributed by atoms with Crippen LogP contribution in [0.5, 0.6) is 5.75 Å². The normalized spacial score (nSPS) is 10.8. The number of benzene rings is 3. The number of halogens is 1. The van der Waals surface area contributed by atoms with Gasteiger partial charge in [-0.2, -0.15) is 5.21 Å². The summed E-state index contributed by atoms with van der Waals surface area (Å²) in [7, 11) is 0. The third-order valence-corrected chi connectivity index (χ3v) is 5.04. The number of aromatic amines is 1. The molecule has 0 saturated carbocycles. The molecule has 4 aromatic rings. The van der Waals surface area contributed by atoms with Crippen LogP contribution in [0, 0.1) is 0 Å². The highest BCUT2D eigenvalue weighted by Crippen LogP contribution is 2.34. The Hall–Kier alpha value is -3.26. The Bertz CT molecular complexity index is 1100. The fraction of sp³-hybridized carbons (Fsp3) is 0.100. The third kappa shape index (κ3) is 4.01. The van der Waals surface area contributed by atoms with Gasteiger partial charge in [-0.15, -0.1) is 10.2 Å². The lowest BCUT2D eigenvalue weighted by atomic mass is 10.1. The number of carbonyl (C=O) groups is 1. The molecule has 1 heterocycles. The second kappa shape index (κ2) is 8.18. The van der Waals surface area contributed by atoms with Crippen molar-refractivity contribution in [1.82, 2.24) is 25.9 Å². The van der Waals surface area contributed by atoms with Gasteiger partial charge in [-0.05, 0) is 50.5 Å². The van der Waals surface area contributed by atoms with Crippen LogP contribution in [0.2, 0.25) is 0 Å². The van der Waals surface area contributed by atoms with Gasteiger partial charge in [-0.25, -0.2) is 0 Å². The summed E-state index contributed by atoms with van der Waals surface area (Å²) in [6, 6.07) is 19.1. The zero-order valence-electron chi connectivity index (χ0n) is 14.7. The van der Waals surface area contributed by atoms with Gasteiger partial charge >= 0.3 is 0 Å². The molecule has 3 aromatic carbocycles. The lowest BCUT2D eigenvalue weighted by Gasteiger charge is -2.10. The molecule has 0 radical (unpaired) electrons. The zero-order valence-corrected chi connectivity index (χ0v) is 16.3. The second-order valence-electron chi connectivity index (χ2n) is 6.10. The molecule has 140 valence electrons. The second-order valence-corrected chi connectivity index (χ2v) is 6.89. The van der Waals surface area contributed by atoms with Crippen molar-refractivity contribution in [2.24, 2.45) is 0 Å². The van der Waals surface area contributed by atoms with Gasteiger partial charge in [0.15, 0.2) is 6.61 Å². The van der Waals surface area contributed by atoms with Crippen LogP contribution in [0.3, 0.4) is 0 Å². The monoisotopic (exact) mass is 437 g/mol. The number of aromatic nitrogens is 4. The number of hydrogen-bond donors (Lipinski definition) is 2. The molecule has 8 heteroatoms. The quantitative estimate of drug-likeness (QED) is 0.480. The first kappa shape index (κ1) is 18.1. The summed E-state index contributed by atoms with van der Waals surface area (Å²) < 4.78 is 6.55. The van der Waals surface area contributed by atoms with E-state index in [1.807, 2.05) is 54.6 Å².